The van der Waals surface area contributed by atoms with Crippen LogP contribution in [0.3, 0.4) is 0 Å². The van der Waals surface area contributed by atoms with Crippen molar-refractivity contribution in [3.63, 3.8) is 0 Å². The lowest BCUT2D eigenvalue weighted by Gasteiger charge is -2.31. The fourth-order valence-electron chi connectivity index (χ4n) is 5.16. The maximum atomic E-state index is 12.7. The summed E-state index contributed by atoms with van der Waals surface area (Å²) in [5.41, 5.74) is 2.16. The van der Waals surface area contributed by atoms with Gasteiger partial charge in [-0.2, -0.15) is 0 Å². The zero-order valence-electron chi connectivity index (χ0n) is 17.6. The van der Waals surface area contributed by atoms with Crippen molar-refractivity contribution in [2.45, 2.75) is 70.3 Å². The third-order valence-electron chi connectivity index (χ3n) is 6.90. The number of carbonyl (C=O) groups excluding carboxylic acids is 2. The summed E-state index contributed by atoms with van der Waals surface area (Å²) >= 11 is 0. The molecule has 5 nitrogen and oxygen atoms in total. The van der Waals surface area contributed by atoms with Crippen molar-refractivity contribution in [1.82, 2.24) is 9.80 Å². The molecule has 1 aromatic carbocycles. The number of hydrogen-bond donors (Lipinski definition) is 1. The zero-order valence-corrected chi connectivity index (χ0v) is 17.6. The Labute approximate surface area is 174 Å². The van der Waals surface area contributed by atoms with E-state index in [1.165, 1.54) is 63.7 Å². The summed E-state index contributed by atoms with van der Waals surface area (Å²) < 4.78 is 0. The van der Waals surface area contributed by atoms with Gasteiger partial charge in [0.25, 0.3) is 0 Å². The first kappa shape index (κ1) is 20.4. The second kappa shape index (κ2) is 9.75. The molecule has 1 aromatic rings. The Balaban J connectivity index is 1.23. The van der Waals surface area contributed by atoms with Crippen LogP contribution >= 0.6 is 0 Å². The molecule has 4 rings (SSSR count). The van der Waals surface area contributed by atoms with Crippen molar-refractivity contribution in [1.29, 1.82) is 0 Å². The predicted molar refractivity (Wildman–Crippen MR) is 116 cm³/mol. The average Bonchev–Trinajstić information content (AvgIpc) is 3.40. The molecule has 0 radical (unpaired) electrons. The molecular formula is C24H35N3O2. The molecule has 0 aromatic heterocycles. The maximum absolute atomic E-state index is 12.7. The smallest absolute Gasteiger partial charge is 0.229 e. The van der Waals surface area contributed by atoms with Crippen molar-refractivity contribution >= 4 is 17.5 Å². The van der Waals surface area contributed by atoms with E-state index in [1.54, 1.807) is 0 Å². The van der Waals surface area contributed by atoms with Crippen molar-refractivity contribution in [3.8, 4) is 0 Å². The van der Waals surface area contributed by atoms with Gasteiger partial charge in [-0.05, 0) is 75.9 Å². The molecule has 1 atom stereocenters. The van der Waals surface area contributed by atoms with Crippen LogP contribution in [0, 0.1) is 5.92 Å². The van der Waals surface area contributed by atoms with E-state index in [0.717, 1.165) is 24.9 Å². The quantitative estimate of drug-likeness (QED) is 0.761. The highest BCUT2D eigenvalue weighted by molar-refractivity contribution is 5.97. The van der Waals surface area contributed by atoms with Gasteiger partial charge in [-0.25, -0.2) is 0 Å². The molecule has 1 aliphatic carbocycles. The van der Waals surface area contributed by atoms with Crippen molar-refractivity contribution < 1.29 is 9.59 Å². The van der Waals surface area contributed by atoms with Gasteiger partial charge in [0, 0.05) is 24.7 Å². The number of benzene rings is 1. The Hall–Kier alpha value is -1.88. The molecule has 1 unspecified atom stereocenters. The summed E-state index contributed by atoms with van der Waals surface area (Å²) in [5.74, 6) is -0.0755. The molecule has 29 heavy (non-hydrogen) atoms. The van der Waals surface area contributed by atoms with Crippen LogP contribution in [0.1, 0.15) is 63.4 Å². The fourth-order valence-corrected chi connectivity index (χ4v) is 5.16. The molecule has 2 saturated heterocycles. The zero-order chi connectivity index (χ0) is 20.1. The Morgan fingerprint density at radius 1 is 1.00 bits per heavy atom. The lowest BCUT2D eigenvalue weighted by atomic mass is 9.94. The van der Waals surface area contributed by atoms with E-state index in [9.17, 15) is 9.59 Å². The van der Waals surface area contributed by atoms with Crippen LogP contribution in [0.15, 0.2) is 24.3 Å². The third kappa shape index (κ3) is 5.39. The van der Waals surface area contributed by atoms with Gasteiger partial charge in [0.2, 0.25) is 11.8 Å². The Morgan fingerprint density at radius 2 is 1.72 bits per heavy atom. The van der Waals surface area contributed by atoms with Gasteiger partial charge in [0.1, 0.15) is 0 Å². The minimum Gasteiger partial charge on any atom is -0.339 e. The number of carbonyl (C=O) groups is 2. The second-order valence-corrected chi connectivity index (χ2v) is 9.08. The molecule has 2 heterocycles. The molecule has 1 N–H and O–H groups in total. The summed E-state index contributed by atoms with van der Waals surface area (Å²) in [6, 6.07) is 8.59. The summed E-state index contributed by atoms with van der Waals surface area (Å²) in [6.45, 7) is 4.29. The Kier molecular flexibility index (Phi) is 6.86. The molecule has 2 amide bonds. The van der Waals surface area contributed by atoms with Crippen LogP contribution in [0.2, 0.25) is 0 Å². The van der Waals surface area contributed by atoms with Crippen LogP contribution in [-0.4, -0.2) is 53.8 Å². The van der Waals surface area contributed by atoms with E-state index in [2.05, 4.69) is 22.3 Å². The summed E-state index contributed by atoms with van der Waals surface area (Å²) in [5, 5.41) is 3.03. The van der Waals surface area contributed by atoms with Crippen LogP contribution in [0.25, 0.3) is 0 Å². The normalized spacial score (nSPS) is 23.7. The first-order valence-corrected chi connectivity index (χ1v) is 11.6. The van der Waals surface area contributed by atoms with Crippen molar-refractivity contribution in [2.24, 2.45) is 5.92 Å². The first-order valence-electron chi connectivity index (χ1n) is 11.6. The monoisotopic (exact) mass is 397 g/mol. The van der Waals surface area contributed by atoms with Gasteiger partial charge in [-0.15, -0.1) is 0 Å². The molecule has 1 saturated carbocycles. The number of hydrogen-bond acceptors (Lipinski definition) is 3. The number of amides is 2. The maximum Gasteiger partial charge on any atom is 0.229 e. The molecule has 158 valence electrons. The van der Waals surface area contributed by atoms with E-state index >= 15 is 0 Å². The van der Waals surface area contributed by atoms with Gasteiger partial charge in [-0.3, -0.25) is 9.59 Å². The van der Waals surface area contributed by atoms with Crippen molar-refractivity contribution in [3.05, 3.63) is 29.8 Å². The highest BCUT2D eigenvalue weighted by Crippen LogP contribution is 2.29. The second-order valence-electron chi connectivity index (χ2n) is 9.08. The van der Waals surface area contributed by atoms with E-state index in [1.807, 2.05) is 17.0 Å². The number of anilines is 1. The van der Waals surface area contributed by atoms with E-state index < -0.39 is 0 Å². The molecule has 0 spiro atoms. The van der Waals surface area contributed by atoms with Gasteiger partial charge in [0.05, 0.1) is 5.92 Å². The van der Waals surface area contributed by atoms with Gasteiger partial charge in [-0.1, -0.05) is 31.4 Å². The van der Waals surface area contributed by atoms with E-state index in [4.69, 9.17) is 0 Å². The molecular weight excluding hydrogens is 362 g/mol. The minimum absolute atomic E-state index is 0.0153. The SMILES string of the molecule is O=C(Nc1ccc(CCCN2CCCC2)cc1)C1CC(=O)N(C2CCCCC2)C1. The van der Waals surface area contributed by atoms with E-state index in [0.29, 0.717) is 19.0 Å². The number of rotatable bonds is 7. The summed E-state index contributed by atoms with van der Waals surface area (Å²) in [7, 11) is 0. The topological polar surface area (TPSA) is 52.7 Å². The predicted octanol–water partition coefficient (Wildman–Crippen LogP) is 3.83. The number of likely N-dealkylation sites (tertiary alicyclic amines) is 2. The van der Waals surface area contributed by atoms with Crippen LogP contribution in [0.4, 0.5) is 5.69 Å². The van der Waals surface area contributed by atoms with Gasteiger partial charge < -0.3 is 15.1 Å². The Morgan fingerprint density at radius 3 is 2.45 bits per heavy atom. The molecule has 3 fully saturated rings. The van der Waals surface area contributed by atoms with Crippen LogP contribution in [0.5, 0.6) is 0 Å². The summed E-state index contributed by atoms with van der Waals surface area (Å²) in [6.07, 6.45) is 11.2. The van der Waals surface area contributed by atoms with Crippen LogP contribution in [-0.2, 0) is 16.0 Å². The van der Waals surface area contributed by atoms with Crippen molar-refractivity contribution in [2.75, 3.05) is 31.5 Å². The average molecular weight is 398 g/mol. The molecule has 0 bridgehead atoms. The minimum atomic E-state index is -0.218. The first-order chi connectivity index (χ1) is 14.2. The summed E-state index contributed by atoms with van der Waals surface area (Å²) in [4.78, 5) is 29.6. The number of nitrogens with one attached hydrogen (secondary N) is 1. The Bertz CT molecular complexity index is 691. The fraction of sp³-hybridized carbons (Fsp3) is 0.667. The van der Waals surface area contributed by atoms with E-state index in [-0.39, 0.29) is 17.7 Å². The van der Waals surface area contributed by atoms with Gasteiger partial charge >= 0.3 is 0 Å². The molecule has 3 aliphatic rings. The third-order valence-corrected chi connectivity index (χ3v) is 6.90. The standard InChI is InChI=1S/C24H35N3O2/c28-23-17-20(18-27(23)22-8-2-1-3-9-22)24(29)25-21-12-10-19(11-13-21)7-6-16-26-14-4-5-15-26/h10-13,20,22H,1-9,14-18H2,(H,25,29). The van der Waals surface area contributed by atoms with Crippen LogP contribution < -0.4 is 5.32 Å². The highest BCUT2D eigenvalue weighted by atomic mass is 16.2. The van der Waals surface area contributed by atoms with Gasteiger partial charge in [0.15, 0.2) is 0 Å². The lowest BCUT2D eigenvalue weighted by molar-refractivity contribution is -0.130. The largest absolute Gasteiger partial charge is 0.339 e. The molecule has 5 heteroatoms. The number of nitrogens with zero attached hydrogens (tertiary/aromatic N) is 2. The highest BCUT2D eigenvalue weighted by Gasteiger charge is 2.38. The lowest BCUT2D eigenvalue weighted by Crippen LogP contribution is -2.38. The molecule has 2 aliphatic heterocycles. The number of aryl methyl sites for hydroxylation is 1.